The fourth-order valence-corrected chi connectivity index (χ4v) is 2.75. The van der Waals surface area contributed by atoms with Crippen LogP contribution in [0.25, 0.3) is 0 Å². The Morgan fingerprint density at radius 3 is 2.20 bits per heavy atom. The summed E-state index contributed by atoms with van der Waals surface area (Å²) in [4.78, 5) is 26.2. The van der Waals surface area contributed by atoms with Gasteiger partial charge in [0, 0.05) is 26.2 Å². The molecule has 1 unspecified atom stereocenters. The van der Waals surface area contributed by atoms with E-state index in [0.29, 0.717) is 0 Å². The van der Waals surface area contributed by atoms with Crippen molar-refractivity contribution in [3.05, 3.63) is 0 Å². The van der Waals surface area contributed by atoms with Crippen LogP contribution in [0.2, 0.25) is 0 Å². The van der Waals surface area contributed by atoms with Gasteiger partial charge in [-0.2, -0.15) is 0 Å². The minimum atomic E-state index is -1.14. The molecule has 0 aromatic heterocycles. The molecule has 0 radical (unpaired) electrons. The third-order valence-electron chi connectivity index (χ3n) is 4.67. The third-order valence-corrected chi connectivity index (χ3v) is 4.67. The SMILES string of the molecule is CC(NC(=O)C(C)(C)N1CCNCC1)(C(=O)O)C1CC1. The van der Waals surface area contributed by atoms with Crippen LogP contribution in [-0.4, -0.2) is 59.1 Å². The maximum atomic E-state index is 12.6. The van der Waals surface area contributed by atoms with Crippen molar-refractivity contribution in [2.24, 2.45) is 5.92 Å². The molecule has 0 bridgehead atoms. The average Bonchev–Trinajstić information content (AvgIpc) is 3.23. The first kappa shape index (κ1) is 15.3. The molecule has 1 saturated carbocycles. The summed E-state index contributed by atoms with van der Waals surface area (Å²) in [5.41, 5.74) is -1.82. The average molecular weight is 283 g/mol. The first-order chi connectivity index (χ1) is 9.28. The second kappa shape index (κ2) is 5.33. The highest BCUT2D eigenvalue weighted by Gasteiger charge is 2.50. The van der Waals surface area contributed by atoms with Crippen molar-refractivity contribution in [2.75, 3.05) is 26.2 Å². The highest BCUT2D eigenvalue weighted by Crippen LogP contribution is 2.40. The normalized spacial score (nSPS) is 23.9. The lowest BCUT2D eigenvalue weighted by Gasteiger charge is -2.41. The zero-order valence-corrected chi connectivity index (χ0v) is 12.5. The summed E-state index contributed by atoms with van der Waals surface area (Å²) in [6, 6.07) is 0. The fraction of sp³-hybridized carbons (Fsp3) is 0.857. The molecule has 0 aromatic rings. The fourth-order valence-electron chi connectivity index (χ4n) is 2.75. The van der Waals surface area contributed by atoms with Gasteiger partial charge in [0.2, 0.25) is 5.91 Å². The Labute approximate surface area is 119 Å². The number of carbonyl (C=O) groups excluding carboxylic acids is 1. The predicted molar refractivity (Wildman–Crippen MR) is 75.4 cm³/mol. The molecule has 6 heteroatoms. The Kier molecular flexibility index (Phi) is 4.07. The predicted octanol–water partition coefficient (Wildman–Crippen LogP) is 0.0397. The summed E-state index contributed by atoms with van der Waals surface area (Å²) in [5.74, 6) is -1.08. The van der Waals surface area contributed by atoms with Crippen molar-refractivity contribution < 1.29 is 14.7 Å². The van der Waals surface area contributed by atoms with Gasteiger partial charge in [-0.15, -0.1) is 0 Å². The van der Waals surface area contributed by atoms with Crippen LogP contribution in [-0.2, 0) is 9.59 Å². The highest BCUT2D eigenvalue weighted by molar-refractivity contribution is 5.91. The molecule has 6 nitrogen and oxygen atoms in total. The van der Waals surface area contributed by atoms with Crippen molar-refractivity contribution in [1.82, 2.24) is 15.5 Å². The zero-order valence-electron chi connectivity index (χ0n) is 12.5. The number of carboxylic acid groups (broad SMARTS) is 1. The van der Waals surface area contributed by atoms with E-state index in [1.807, 2.05) is 13.8 Å². The van der Waals surface area contributed by atoms with Crippen molar-refractivity contribution in [3.8, 4) is 0 Å². The van der Waals surface area contributed by atoms with E-state index in [4.69, 9.17) is 0 Å². The lowest BCUT2D eigenvalue weighted by Crippen LogP contribution is -2.65. The van der Waals surface area contributed by atoms with Gasteiger partial charge >= 0.3 is 5.97 Å². The van der Waals surface area contributed by atoms with Crippen LogP contribution in [0.5, 0.6) is 0 Å². The number of aliphatic carboxylic acids is 1. The van der Waals surface area contributed by atoms with Gasteiger partial charge in [-0.25, -0.2) is 4.79 Å². The van der Waals surface area contributed by atoms with Gasteiger partial charge < -0.3 is 15.7 Å². The van der Waals surface area contributed by atoms with Crippen LogP contribution in [0.15, 0.2) is 0 Å². The molecule has 0 spiro atoms. The molecule has 1 heterocycles. The van der Waals surface area contributed by atoms with Gasteiger partial charge in [-0.3, -0.25) is 9.69 Å². The van der Waals surface area contributed by atoms with Crippen LogP contribution in [0.4, 0.5) is 0 Å². The molecule has 1 atom stereocenters. The number of hydrogen-bond acceptors (Lipinski definition) is 4. The van der Waals surface area contributed by atoms with Gasteiger partial charge in [0.05, 0.1) is 5.54 Å². The largest absolute Gasteiger partial charge is 0.480 e. The highest BCUT2D eigenvalue weighted by atomic mass is 16.4. The summed E-state index contributed by atoms with van der Waals surface area (Å²) >= 11 is 0. The first-order valence-electron chi connectivity index (χ1n) is 7.30. The van der Waals surface area contributed by atoms with E-state index < -0.39 is 17.0 Å². The molecule has 1 saturated heterocycles. The lowest BCUT2D eigenvalue weighted by molar-refractivity contribution is -0.150. The molecule has 2 aliphatic rings. The smallest absolute Gasteiger partial charge is 0.329 e. The van der Waals surface area contributed by atoms with Crippen LogP contribution in [0, 0.1) is 5.92 Å². The molecule has 3 N–H and O–H groups in total. The molecular formula is C14H25N3O3. The van der Waals surface area contributed by atoms with Gasteiger partial charge in [0.25, 0.3) is 0 Å². The molecule has 20 heavy (non-hydrogen) atoms. The van der Waals surface area contributed by atoms with E-state index in [2.05, 4.69) is 15.5 Å². The van der Waals surface area contributed by atoms with Crippen LogP contribution in [0.3, 0.4) is 0 Å². The summed E-state index contributed by atoms with van der Waals surface area (Å²) < 4.78 is 0. The molecule has 114 valence electrons. The van der Waals surface area contributed by atoms with Crippen LogP contribution < -0.4 is 10.6 Å². The quantitative estimate of drug-likeness (QED) is 0.664. The second-order valence-corrected chi connectivity index (χ2v) is 6.53. The monoisotopic (exact) mass is 283 g/mol. The summed E-state index contributed by atoms with van der Waals surface area (Å²) in [6.45, 7) is 8.66. The number of carboxylic acids is 1. The standard InChI is InChI=1S/C14H25N3O3/c1-13(2,17-8-6-15-7-9-17)11(18)16-14(3,12(19)20)10-4-5-10/h10,15H,4-9H2,1-3H3,(H,16,18)(H,19,20). The number of rotatable bonds is 5. The number of nitrogens with zero attached hydrogens (tertiary/aromatic N) is 1. The van der Waals surface area contributed by atoms with E-state index in [-0.39, 0.29) is 11.8 Å². The molecule has 2 rings (SSSR count). The molecule has 0 aromatic carbocycles. The number of hydrogen-bond donors (Lipinski definition) is 3. The number of carbonyl (C=O) groups is 2. The number of nitrogens with one attached hydrogen (secondary N) is 2. The van der Waals surface area contributed by atoms with Gasteiger partial charge in [0.15, 0.2) is 0 Å². The van der Waals surface area contributed by atoms with Gasteiger partial charge in [0.1, 0.15) is 5.54 Å². The molecule has 1 aliphatic carbocycles. The van der Waals surface area contributed by atoms with Crippen molar-refractivity contribution in [2.45, 2.75) is 44.7 Å². The van der Waals surface area contributed by atoms with Gasteiger partial charge in [-0.05, 0) is 39.5 Å². The second-order valence-electron chi connectivity index (χ2n) is 6.53. The third kappa shape index (κ3) is 2.81. The Morgan fingerprint density at radius 2 is 1.75 bits per heavy atom. The van der Waals surface area contributed by atoms with Crippen molar-refractivity contribution in [3.63, 3.8) is 0 Å². The van der Waals surface area contributed by atoms with E-state index in [1.54, 1.807) is 6.92 Å². The van der Waals surface area contributed by atoms with Crippen LogP contribution >= 0.6 is 0 Å². The molecule has 2 fully saturated rings. The van der Waals surface area contributed by atoms with Crippen molar-refractivity contribution in [1.29, 1.82) is 0 Å². The Bertz CT molecular complexity index is 400. The maximum absolute atomic E-state index is 12.6. The lowest BCUT2D eigenvalue weighted by atomic mass is 9.92. The van der Waals surface area contributed by atoms with Crippen molar-refractivity contribution >= 4 is 11.9 Å². The topological polar surface area (TPSA) is 81.7 Å². The maximum Gasteiger partial charge on any atom is 0.329 e. The molecule has 1 amide bonds. The summed E-state index contributed by atoms with van der Waals surface area (Å²) in [5, 5.41) is 15.5. The van der Waals surface area contributed by atoms with Crippen LogP contribution in [0.1, 0.15) is 33.6 Å². The Balaban J connectivity index is 2.07. The summed E-state index contributed by atoms with van der Waals surface area (Å²) in [6.07, 6.45) is 1.74. The number of piperazine rings is 1. The number of amides is 1. The minimum absolute atomic E-state index is 0.0581. The molecule has 1 aliphatic heterocycles. The van der Waals surface area contributed by atoms with E-state index in [0.717, 1.165) is 39.0 Å². The molecular weight excluding hydrogens is 258 g/mol. The minimum Gasteiger partial charge on any atom is -0.480 e. The summed E-state index contributed by atoms with van der Waals surface area (Å²) in [7, 11) is 0. The first-order valence-corrected chi connectivity index (χ1v) is 7.30. The van der Waals surface area contributed by atoms with E-state index in [9.17, 15) is 14.7 Å². The Morgan fingerprint density at radius 1 is 1.20 bits per heavy atom. The van der Waals surface area contributed by atoms with Gasteiger partial charge in [-0.1, -0.05) is 0 Å². The van der Waals surface area contributed by atoms with E-state index in [1.165, 1.54) is 0 Å². The van der Waals surface area contributed by atoms with E-state index >= 15 is 0 Å². The zero-order chi connectivity index (χ0) is 15.0. The Hall–Kier alpha value is -1.14.